The first kappa shape index (κ1) is 12.0. The molecule has 1 amide bonds. The standard InChI is InChI=1S/C11H20N2O2/c1-3-15-8-4-6-13-10(14)11(2)5-7-12-9-11/h3,12H,1,4-9H2,2H3,(H,13,14). The van der Waals surface area contributed by atoms with Crippen molar-refractivity contribution in [2.24, 2.45) is 5.41 Å². The van der Waals surface area contributed by atoms with Crippen molar-refractivity contribution in [1.82, 2.24) is 10.6 Å². The highest BCUT2D eigenvalue weighted by molar-refractivity contribution is 5.82. The van der Waals surface area contributed by atoms with E-state index in [0.717, 1.165) is 25.9 Å². The molecule has 0 aromatic carbocycles. The lowest BCUT2D eigenvalue weighted by atomic mass is 9.89. The zero-order valence-electron chi connectivity index (χ0n) is 9.34. The molecule has 1 saturated heterocycles. The summed E-state index contributed by atoms with van der Waals surface area (Å²) in [5.74, 6) is 0.145. The van der Waals surface area contributed by atoms with Crippen molar-refractivity contribution in [3.63, 3.8) is 0 Å². The summed E-state index contributed by atoms with van der Waals surface area (Å²) in [7, 11) is 0. The maximum absolute atomic E-state index is 11.8. The second kappa shape index (κ2) is 5.75. The number of carbonyl (C=O) groups is 1. The van der Waals surface area contributed by atoms with Crippen molar-refractivity contribution in [3.8, 4) is 0 Å². The first-order valence-corrected chi connectivity index (χ1v) is 5.40. The molecule has 0 aliphatic carbocycles. The SMILES string of the molecule is C=COCCCNC(=O)C1(C)CCNC1. The summed E-state index contributed by atoms with van der Waals surface area (Å²) in [6, 6.07) is 0. The van der Waals surface area contributed by atoms with Gasteiger partial charge >= 0.3 is 0 Å². The van der Waals surface area contributed by atoms with Crippen LogP contribution in [-0.4, -0.2) is 32.1 Å². The van der Waals surface area contributed by atoms with E-state index in [1.807, 2.05) is 6.92 Å². The molecule has 4 nitrogen and oxygen atoms in total. The maximum atomic E-state index is 11.8. The fourth-order valence-corrected chi connectivity index (χ4v) is 1.66. The van der Waals surface area contributed by atoms with Crippen LogP contribution in [0.25, 0.3) is 0 Å². The number of hydrogen-bond acceptors (Lipinski definition) is 3. The Kier molecular flexibility index (Phi) is 4.62. The Hall–Kier alpha value is -1.03. The minimum Gasteiger partial charge on any atom is -0.502 e. The molecule has 4 heteroatoms. The lowest BCUT2D eigenvalue weighted by Crippen LogP contribution is -2.40. The molecule has 0 spiro atoms. The largest absolute Gasteiger partial charge is 0.502 e. The Balaban J connectivity index is 2.15. The van der Waals surface area contributed by atoms with E-state index in [4.69, 9.17) is 4.74 Å². The summed E-state index contributed by atoms with van der Waals surface area (Å²) in [6.07, 6.45) is 3.16. The zero-order valence-corrected chi connectivity index (χ0v) is 9.34. The molecule has 0 radical (unpaired) electrons. The Morgan fingerprint density at radius 1 is 1.73 bits per heavy atom. The van der Waals surface area contributed by atoms with Crippen LogP contribution in [0.2, 0.25) is 0 Å². The second-order valence-corrected chi connectivity index (χ2v) is 4.13. The molecule has 1 aliphatic rings. The summed E-state index contributed by atoms with van der Waals surface area (Å²) in [5, 5.41) is 6.14. The van der Waals surface area contributed by atoms with Crippen molar-refractivity contribution < 1.29 is 9.53 Å². The van der Waals surface area contributed by atoms with E-state index in [2.05, 4.69) is 17.2 Å². The van der Waals surface area contributed by atoms with Gasteiger partial charge in [-0.2, -0.15) is 0 Å². The molecule has 1 unspecified atom stereocenters. The van der Waals surface area contributed by atoms with E-state index in [1.54, 1.807) is 0 Å². The van der Waals surface area contributed by atoms with Gasteiger partial charge in [0.15, 0.2) is 0 Å². The first-order valence-electron chi connectivity index (χ1n) is 5.40. The fraction of sp³-hybridized carbons (Fsp3) is 0.727. The Morgan fingerprint density at radius 2 is 2.53 bits per heavy atom. The van der Waals surface area contributed by atoms with Crippen molar-refractivity contribution in [2.75, 3.05) is 26.2 Å². The smallest absolute Gasteiger partial charge is 0.227 e. The van der Waals surface area contributed by atoms with E-state index < -0.39 is 0 Å². The molecule has 86 valence electrons. The predicted octanol–water partition coefficient (Wildman–Crippen LogP) is 0.652. The van der Waals surface area contributed by atoms with Gasteiger partial charge in [0.1, 0.15) is 0 Å². The normalized spacial score (nSPS) is 24.9. The highest BCUT2D eigenvalue weighted by Crippen LogP contribution is 2.24. The molecular weight excluding hydrogens is 192 g/mol. The third-order valence-corrected chi connectivity index (χ3v) is 2.76. The van der Waals surface area contributed by atoms with Crippen LogP contribution in [0.1, 0.15) is 19.8 Å². The molecule has 2 N–H and O–H groups in total. The van der Waals surface area contributed by atoms with Gasteiger partial charge < -0.3 is 15.4 Å². The predicted molar refractivity (Wildman–Crippen MR) is 59.4 cm³/mol. The minimum atomic E-state index is -0.223. The van der Waals surface area contributed by atoms with Crippen LogP contribution < -0.4 is 10.6 Å². The van der Waals surface area contributed by atoms with Gasteiger partial charge in [0.2, 0.25) is 5.91 Å². The van der Waals surface area contributed by atoms with Crippen molar-refractivity contribution in [2.45, 2.75) is 19.8 Å². The van der Waals surface area contributed by atoms with E-state index in [0.29, 0.717) is 13.2 Å². The van der Waals surface area contributed by atoms with Crippen molar-refractivity contribution in [1.29, 1.82) is 0 Å². The number of ether oxygens (including phenoxy) is 1. The quantitative estimate of drug-likeness (QED) is 0.502. The van der Waals surface area contributed by atoms with Crippen LogP contribution in [0.4, 0.5) is 0 Å². The van der Waals surface area contributed by atoms with Crippen LogP contribution in [0, 0.1) is 5.41 Å². The van der Waals surface area contributed by atoms with E-state index >= 15 is 0 Å². The summed E-state index contributed by atoms with van der Waals surface area (Å²) >= 11 is 0. The molecule has 1 rings (SSSR count). The molecule has 15 heavy (non-hydrogen) atoms. The molecule has 1 aliphatic heterocycles. The van der Waals surface area contributed by atoms with Gasteiger partial charge in [-0.1, -0.05) is 6.58 Å². The number of carbonyl (C=O) groups excluding carboxylic acids is 1. The summed E-state index contributed by atoms with van der Waals surface area (Å²) in [5.41, 5.74) is -0.223. The monoisotopic (exact) mass is 212 g/mol. The molecule has 0 saturated carbocycles. The van der Waals surface area contributed by atoms with Crippen LogP contribution in [0.5, 0.6) is 0 Å². The fourth-order valence-electron chi connectivity index (χ4n) is 1.66. The Labute approximate surface area is 91.1 Å². The lowest BCUT2D eigenvalue weighted by molar-refractivity contribution is -0.129. The van der Waals surface area contributed by atoms with Gasteiger partial charge in [-0.15, -0.1) is 0 Å². The molecule has 0 aromatic heterocycles. The average molecular weight is 212 g/mol. The van der Waals surface area contributed by atoms with E-state index in [-0.39, 0.29) is 11.3 Å². The van der Waals surface area contributed by atoms with Crippen molar-refractivity contribution >= 4 is 5.91 Å². The summed E-state index contributed by atoms with van der Waals surface area (Å²) < 4.78 is 4.97. The van der Waals surface area contributed by atoms with Crippen LogP contribution in [0.15, 0.2) is 12.8 Å². The average Bonchev–Trinajstić information content (AvgIpc) is 2.66. The second-order valence-electron chi connectivity index (χ2n) is 4.13. The van der Waals surface area contributed by atoms with Gasteiger partial charge in [-0.25, -0.2) is 0 Å². The minimum absolute atomic E-state index is 0.145. The van der Waals surface area contributed by atoms with Gasteiger partial charge in [0.25, 0.3) is 0 Å². The molecule has 1 fully saturated rings. The van der Waals surface area contributed by atoms with Crippen LogP contribution in [0.3, 0.4) is 0 Å². The first-order chi connectivity index (χ1) is 7.19. The molecular formula is C11H20N2O2. The van der Waals surface area contributed by atoms with Gasteiger partial charge in [-0.05, 0) is 26.3 Å². The Morgan fingerprint density at radius 3 is 3.13 bits per heavy atom. The third kappa shape index (κ3) is 3.55. The van der Waals surface area contributed by atoms with Gasteiger partial charge in [0, 0.05) is 13.1 Å². The third-order valence-electron chi connectivity index (χ3n) is 2.76. The number of amides is 1. The van der Waals surface area contributed by atoms with Gasteiger partial charge in [-0.3, -0.25) is 4.79 Å². The molecule has 1 atom stereocenters. The topological polar surface area (TPSA) is 50.4 Å². The van der Waals surface area contributed by atoms with E-state index in [1.165, 1.54) is 6.26 Å². The Bertz CT molecular complexity index is 223. The molecule has 0 bridgehead atoms. The summed E-state index contributed by atoms with van der Waals surface area (Å²) in [4.78, 5) is 11.8. The highest BCUT2D eigenvalue weighted by atomic mass is 16.5. The zero-order chi connectivity index (χ0) is 11.1. The van der Waals surface area contributed by atoms with Crippen molar-refractivity contribution in [3.05, 3.63) is 12.8 Å². The number of hydrogen-bond donors (Lipinski definition) is 2. The van der Waals surface area contributed by atoms with Crippen LogP contribution >= 0.6 is 0 Å². The van der Waals surface area contributed by atoms with Crippen LogP contribution in [-0.2, 0) is 9.53 Å². The summed E-state index contributed by atoms with van der Waals surface area (Å²) in [6.45, 7) is 8.44. The highest BCUT2D eigenvalue weighted by Gasteiger charge is 2.35. The van der Waals surface area contributed by atoms with Gasteiger partial charge in [0.05, 0.1) is 18.3 Å². The van der Waals surface area contributed by atoms with E-state index in [9.17, 15) is 4.79 Å². The number of nitrogens with one attached hydrogen (secondary N) is 2. The number of rotatable bonds is 6. The lowest BCUT2D eigenvalue weighted by Gasteiger charge is -2.21. The maximum Gasteiger partial charge on any atom is 0.227 e. The molecule has 1 heterocycles. The molecule has 0 aromatic rings.